The van der Waals surface area contributed by atoms with Crippen molar-refractivity contribution >= 4 is 39.9 Å². The maximum absolute atomic E-state index is 11.8. The molecule has 1 heterocycles. The van der Waals surface area contributed by atoms with E-state index in [1.165, 1.54) is 11.3 Å². The fourth-order valence-electron chi connectivity index (χ4n) is 1.48. The first-order chi connectivity index (χ1) is 9.56. The molecule has 0 fully saturated rings. The van der Waals surface area contributed by atoms with Crippen molar-refractivity contribution in [1.29, 1.82) is 0 Å². The van der Waals surface area contributed by atoms with Gasteiger partial charge in [-0.05, 0) is 19.1 Å². The lowest BCUT2D eigenvalue weighted by atomic mass is 10.2. The van der Waals surface area contributed by atoms with E-state index in [1.807, 2.05) is 6.92 Å². The van der Waals surface area contributed by atoms with Gasteiger partial charge in [0.1, 0.15) is 0 Å². The zero-order chi connectivity index (χ0) is 14.5. The predicted octanol–water partition coefficient (Wildman–Crippen LogP) is 2.47. The van der Waals surface area contributed by atoms with Crippen LogP contribution in [0.15, 0.2) is 30.5 Å². The third-order valence-corrected chi connectivity index (χ3v) is 3.55. The summed E-state index contributed by atoms with van der Waals surface area (Å²) in [6.07, 6.45) is 1.67. The summed E-state index contributed by atoms with van der Waals surface area (Å²) in [6.45, 7) is 1.76. The van der Waals surface area contributed by atoms with Crippen LogP contribution < -0.4 is 10.6 Å². The van der Waals surface area contributed by atoms with Gasteiger partial charge < -0.3 is 10.6 Å². The molecule has 2 amide bonds. The Labute approximate surface area is 125 Å². The molecule has 1 aromatic heterocycles. The number of nitrogens with one attached hydrogen (secondary N) is 2. The van der Waals surface area contributed by atoms with Crippen LogP contribution >= 0.6 is 22.9 Å². The topological polar surface area (TPSA) is 71.1 Å². The first-order valence-electron chi connectivity index (χ1n) is 5.81. The van der Waals surface area contributed by atoms with E-state index >= 15 is 0 Å². The lowest BCUT2D eigenvalue weighted by Gasteiger charge is -2.06. The summed E-state index contributed by atoms with van der Waals surface area (Å²) in [7, 11) is 0. The minimum absolute atomic E-state index is 0.136. The standard InChI is InChI=1S/C13H12ClN3O2S/c1-8-6-16-13(20-8)17-11(18)7-15-12(19)9-4-2-3-5-10(9)14/h2-6H,7H2,1H3,(H,15,19)(H,16,17,18). The highest BCUT2D eigenvalue weighted by Gasteiger charge is 2.11. The van der Waals surface area contributed by atoms with Crippen LogP contribution in [0.1, 0.15) is 15.2 Å². The number of hydrogen-bond acceptors (Lipinski definition) is 4. The van der Waals surface area contributed by atoms with Crippen molar-refractivity contribution in [2.75, 3.05) is 11.9 Å². The molecule has 0 bridgehead atoms. The van der Waals surface area contributed by atoms with Gasteiger partial charge in [-0.2, -0.15) is 0 Å². The van der Waals surface area contributed by atoms with E-state index in [9.17, 15) is 9.59 Å². The quantitative estimate of drug-likeness (QED) is 0.911. The van der Waals surface area contributed by atoms with E-state index in [0.29, 0.717) is 15.7 Å². The molecule has 0 atom stereocenters. The highest BCUT2D eigenvalue weighted by molar-refractivity contribution is 7.15. The Kier molecular flexibility index (Phi) is 4.70. The van der Waals surface area contributed by atoms with Gasteiger partial charge in [0.25, 0.3) is 5.91 Å². The molecule has 1 aromatic carbocycles. The number of aromatic nitrogens is 1. The molecule has 2 N–H and O–H groups in total. The minimum Gasteiger partial charge on any atom is -0.343 e. The molecule has 2 aromatic rings. The number of halogens is 1. The number of rotatable bonds is 4. The van der Waals surface area contributed by atoms with Crippen molar-refractivity contribution < 1.29 is 9.59 Å². The second-order valence-electron chi connectivity index (χ2n) is 3.99. The smallest absolute Gasteiger partial charge is 0.253 e. The molecular formula is C13H12ClN3O2S. The second kappa shape index (κ2) is 6.49. The second-order valence-corrected chi connectivity index (χ2v) is 5.63. The van der Waals surface area contributed by atoms with E-state index in [2.05, 4.69) is 15.6 Å². The Bertz CT molecular complexity index is 642. The molecule has 0 unspecified atom stereocenters. The monoisotopic (exact) mass is 309 g/mol. The molecule has 0 radical (unpaired) electrons. The molecule has 104 valence electrons. The third-order valence-electron chi connectivity index (χ3n) is 2.40. The third kappa shape index (κ3) is 3.79. The first kappa shape index (κ1) is 14.5. The van der Waals surface area contributed by atoms with Gasteiger partial charge in [0, 0.05) is 11.1 Å². The van der Waals surface area contributed by atoms with E-state index in [-0.39, 0.29) is 18.4 Å². The molecule has 5 nitrogen and oxygen atoms in total. The van der Waals surface area contributed by atoms with Crippen molar-refractivity contribution in [3.05, 3.63) is 45.9 Å². The predicted molar refractivity (Wildman–Crippen MR) is 79.3 cm³/mol. The van der Waals surface area contributed by atoms with E-state index in [0.717, 1.165) is 4.88 Å². The molecule has 0 spiro atoms. The SMILES string of the molecule is Cc1cnc(NC(=O)CNC(=O)c2ccccc2Cl)s1. The molecule has 2 rings (SSSR count). The van der Waals surface area contributed by atoms with Crippen molar-refractivity contribution in [3.8, 4) is 0 Å². The molecule has 0 saturated heterocycles. The normalized spacial score (nSPS) is 10.1. The maximum atomic E-state index is 11.8. The van der Waals surface area contributed by atoms with Crippen LogP contribution in [0.5, 0.6) is 0 Å². The Hall–Kier alpha value is -1.92. The lowest BCUT2D eigenvalue weighted by molar-refractivity contribution is -0.115. The molecular weight excluding hydrogens is 298 g/mol. The molecule has 0 saturated carbocycles. The number of aryl methyl sites for hydroxylation is 1. The van der Waals surface area contributed by atoms with Crippen molar-refractivity contribution in [2.24, 2.45) is 0 Å². The zero-order valence-corrected chi connectivity index (χ0v) is 12.2. The van der Waals surface area contributed by atoms with Crippen LogP contribution in [-0.4, -0.2) is 23.3 Å². The summed E-state index contributed by atoms with van der Waals surface area (Å²) in [5.41, 5.74) is 0.340. The van der Waals surface area contributed by atoms with Gasteiger partial charge in [0.15, 0.2) is 5.13 Å². The van der Waals surface area contributed by atoms with Gasteiger partial charge >= 0.3 is 0 Å². The fraction of sp³-hybridized carbons (Fsp3) is 0.154. The van der Waals surface area contributed by atoms with E-state index < -0.39 is 0 Å². The van der Waals surface area contributed by atoms with Gasteiger partial charge in [0.2, 0.25) is 5.91 Å². The van der Waals surface area contributed by atoms with E-state index in [1.54, 1.807) is 30.5 Å². The van der Waals surface area contributed by atoms with E-state index in [4.69, 9.17) is 11.6 Å². The molecule has 0 aliphatic heterocycles. The Morgan fingerprint density at radius 1 is 1.35 bits per heavy atom. The number of thiazole rings is 1. The summed E-state index contributed by atoms with van der Waals surface area (Å²) in [6, 6.07) is 6.66. The zero-order valence-electron chi connectivity index (χ0n) is 10.6. The lowest BCUT2D eigenvalue weighted by Crippen LogP contribution is -2.32. The van der Waals surface area contributed by atoms with Gasteiger partial charge in [-0.25, -0.2) is 4.98 Å². The number of hydrogen-bond donors (Lipinski definition) is 2. The number of nitrogens with zero attached hydrogens (tertiary/aromatic N) is 1. The van der Waals surface area contributed by atoms with Crippen LogP contribution in [0.2, 0.25) is 5.02 Å². The number of amides is 2. The van der Waals surface area contributed by atoms with Crippen molar-refractivity contribution in [2.45, 2.75) is 6.92 Å². The van der Waals surface area contributed by atoms with Crippen LogP contribution in [-0.2, 0) is 4.79 Å². The minimum atomic E-state index is -0.388. The maximum Gasteiger partial charge on any atom is 0.253 e. The van der Waals surface area contributed by atoms with Crippen molar-refractivity contribution in [1.82, 2.24) is 10.3 Å². The van der Waals surface area contributed by atoms with Crippen LogP contribution in [0.4, 0.5) is 5.13 Å². The summed E-state index contributed by atoms with van der Waals surface area (Å²) in [4.78, 5) is 28.5. The van der Waals surface area contributed by atoms with Gasteiger partial charge in [-0.1, -0.05) is 23.7 Å². The van der Waals surface area contributed by atoms with Gasteiger partial charge in [0.05, 0.1) is 17.1 Å². The summed E-state index contributed by atoms with van der Waals surface area (Å²) < 4.78 is 0. The van der Waals surface area contributed by atoms with Gasteiger partial charge in [-0.15, -0.1) is 11.3 Å². The van der Waals surface area contributed by atoms with Crippen molar-refractivity contribution in [3.63, 3.8) is 0 Å². The summed E-state index contributed by atoms with van der Waals surface area (Å²) >= 11 is 7.27. The van der Waals surface area contributed by atoms with Crippen LogP contribution in [0.25, 0.3) is 0 Å². The Morgan fingerprint density at radius 2 is 2.10 bits per heavy atom. The molecule has 20 heavy (non-hydrogen) atoms. The Balaban J connectivity index is 1.87. The average Bonchev–Trinajstić information content (AvgIpc) is 2.82. The highest BCUT2D eigenvalue weighted by Crippen LogP contribution is 2.16. The molecule has 7 heteroatoms. The van der Waals surface area contributed by atoms with Crippen LogP contribution in [0, 0.1) is 6.92 Å². The highest BCUT2D eigenvalue weighted by atomic mass is 35.5. The van der Waals surface area contributed by atoms with Crippen LogP contribution in [0.3, 0.4) is 0 Å². The first-order valence-corrected chi connectivity index (χ1v) is 7.00. The summed E-state index contributed by atoms with van der Waals surface area (Å²) in [5, 5.41) is 5.97. The fourth-order valence-corrected chi connectivity index (χ4v) is 2.38. The largest absolute Gasteiger partial charge is 0.343 e. The number of benzene rings is 1. The molecule has 0 aliphatic carbocycles. The Morgan fingerprint density at radius 3 is 2.75 bits per heavy atom. The summed E-state index contributed by atoms with van der Waals surface area (Å²) in [5.74, 6) is -0.721. The number of carbonyl (C=O) groups is 2. The number of anilines is 1. The van der Waals surface area contributed by atoms with Gasteiger partial charge in [-0.3, -0.25) is 9.59 Å². The average molecular weight is 310 g/mol. The molecule has 0 aliphatic rings. The number of carbonyl (C=O) groups excluding carboxylic acids is 2.